The summed E-state index contributed by atoms with van der Waals surface area (Å²) in [4.78, 5) is 12.3. The Labute approximate surface area is 177 Å². The van der Waals surface area contributed by atoms with E-state index in [1.54, 1.807) is 24.3 Å². The minimum atomic E-state index is -3.75. The van der Waals surface area contributed by atoms with E-state index in [9.17, 15) is 13.2 Å². The minimum Gasteiger partial charge on any atom is -0.494 e. The van der Waals surface area contributed by atoms with E-state index in [4.69, 9.17) is 9.47 Å². The van der Waals surface area contributed by atoms with Crippen LogP contribution in [0.15, 0.2) is 53.4 Å². The van der Waals surface area contributed by atoms with Crippen LogP contribution in [0.1, 0.15) is 36.5 Å². The van der Waals surface area contributed by atoms with Gasteiger partial charge in [-0.15, -0.1) is 0 Å². The van der Waals surface area contributed by atoms with Crippen LogP contribution >= 0.6 is 0 Å². The number of hydrogen-bond donors (Lipinski definition) is 2. The van der Waals surface area contributed by atoms with Gasteiger partial charge < -0.3 is 14.8 Å². The number of carbonyl (C=O) groups is 1. The van der Waals surface area contributed by atoms with E-state index in [0.717, 1.165) is 18.9 Å². The summed E-state index contributed by atoms with van der Waals surface area (Å²) in [7, 11) is -3.75. The van der Waals surface area contributed by atoms with Gasteiger partial charge in [-0.05, 0) is 80.6 Å². The van der Waals surface area contributed by atoms with E-state index in [0.29, 0.717) is 36.8 Å². The highest BCUT2D eigenvalue weighted by atomic mass is 32.2. The van der Waals surface area contributed by atoms with Crippen molar-refractivity contribution < 1.29 is 22.7 Å². The maximum Gasteiger partial charge on any atom is 0.261 e. The highest BCUT2D eigenvalue weighted by Gasteiger charge is 2.20. The Morgan fingerprint density at radius 3 is 2.40 bits per heavy atom. The van der Waals surface area contributed by atoms with Gasteiger partial charge in [0.2, 0.25) is 0 Å². The Kier molecular flexibility index (Phi) is 7.70. The van der Waals surface area contributed by atoms with E-state index < -0.39 is 10.0 Å². The second-order valence-electron chi connectivity index (χ2n) is 7.22. The lowest BCUT2D eigenvalue weighted by molar-refractivity contribution is 0.0937. The van der Waals surface area contributed by atoms with Crippen molar-refractivity contribution in [3.05, 3.63) is 54.1 Å². The number of nitrogens with one attached hydrogen (secondary N) is 2. The average molecular weight is 433 g/mol. The SMILES string of the molecule is CCOc1ccc(NS(=O)(=O)c2ccc(C(=O)NCCCOCC3CC3)cc2)cc1. The maximum absolute atomic E-state index is 12.6. The Hall–Kier alpha value is -2.58. The quantitative estimate of drug-likeness (QED) is 0.501. The fourth-order valence-corrected chi connectivity index (χ4v) is 3.86. The first-order valence-electron chi connectivity index (χ1n) is 10.2. The molecule has 2 N–H and O–H groups in total. The van der Waals surface area contributed by atoms with Gasteiger partial charge in [-0.25, -0.2) is 8.42 Å². The van der Waals surface area contributed by atoms with Crippen LogP contribution in [-0.2, 0) is 14.8 Å². The zero-order valence-corrected chi connectivity index (χ0v) is 17.9. The lowest BCUT2D eigenvalue weighted by Crippen LogP contribution is -2.25. The van der Waals surface area contributed by atoms with E-state index in [2.05, 4.69) is 10.0 Å². The summed E-state index contributed by atoms with van der Waals surface area (Å²) in [5.74, 6) is 1.17. The number of anilines is 1. The predicted molar refractivity (Wildman–Crippen MR) is 115 cm³/mol. The fraction of sp³-hybridized carbons (Fsp3) is 0.409. The number of hydrogen-bond acceptors (Lipinski definition) is 5. The molecule has 0 heterocycles. The van der Waals surface area contributed by atoms with Crippen molar-refractivity contribution in [3.8, 4) is 5.75 Å². The summed E-state index contributed by atoms with van der Waals surface area (Å²) in [6.45, 7) is 4.38. The molecule has 7 nitrogen and oxygen atoms in total. The minimum absolute atomic E-state index is 0.0846. The molecule has 0 saturated heterocycles. The van der Waals surface area contributed by atoms with Gasteiger partial charge >= 0.3 is 0 Å². The van der Waals surface area contributed by atoms with Crippen LogP contribution in [0.3, 0.4) is 0 Å². The van der Waals surface area contributed by atoms with E-state index in [1.165, 1.54) is 37.1 Å². The zero-order chi connectivity index (χ0) is 21.4. The lowest BCUT2D eigenvalue weighted by atomic mass is 10.2. The molecule has 0 unspecified atom stereocenters. The highest BCUT2D eigenvalue weighted by molar-refractivity contribution is 7.92. The third-order valence-electron chi connectivity index (χ3n) is 4.65. The normalized spacial score (nSPS) is 13.6. The monoisotopic (exact) mass is 432 g/mol. The molecule has 8 heteroatoms. The number of sulfonamides is 1. The second-order valence-corrected chi connectivity index (χ2v) is 8.90. The Bertz CT molecular complexity index is 923. The van der Waals surface area contributed by atoms with Crippen molar-refractivity contribution in [2.75, 3.05) is 31.1 Å². The van der Waals surface area contributed by atoms with Crippen molar-refractivity contribution in [2.24, 2.45) is 5.92 Å². The smallest absolute Gasteiger partial charge is 0.261 e. The van der Waals surface area contributed by atoms with Gasteiger partial charge in [-0.3, -0.25) is 9.52 Å². The van der Waals surface area contributed by atoms with Crippen molar-refractivity contribution in [3.63, 3.8) is 0 Å². The Morgan fingerprint density at radius 2 is 1.77 bits per heavy atom. The molecule has 1 amide bonds. The molecular weight excluding hydrogens is 404 g/mol. The summed E-state index contributed by atoms with van der Waals surface area (Å²) in [6, 6.07) is 12.5. The molecule has 0 bridgehead atoms. The Balaban J connectivity index is 1.48. The molecule has 162 valence electrons. The molecule has 0 aliphatic heterocycles. The predicted octanol–water partition coefficient (Wildman–Crippen LogP) is 3.43. The number of benzene rings is 2. The van der Waals surface area contributed by atoms with Crippen LogP contribution in [0.2, 0.25) is 0 Å². The van der Waals surface area contributed by atoms with E-state index in [-0.39, 0.29) is 10.8 Å². The first-order chi connectivity index (χ1) is 14.5. The molecule has 0 atom stereocenters. The van der Waals surface area contributed by atoms with Crippen molar-refractivity contribution >= 4 is 21.6 Å². The summed E-state index contributed by atoms with van der Waals surface area (Å²) in [5, 5.41) is 2.82. The molecule has 3 rings (SSSR count). The fourth-order valence-electron chi connectivity index (χ4n) is 2.80. The van der Waals surface area contributed by atoms with Gasteiger partial charge in [-0.1, -0.05) is 0 Å². The maximum atomic E-state index is 12.6. The molecule has 0 aromatic heterocycles. The van der Waals surface area contributed by atoms with Crippen LogP contribution in [-0.4, -0.2) is 40.7 Å². The van der Waals surface area contributed by atoms with Crippen LogP contribution in [0.5, 0.6) is 5.75 Å². The van der Waals surface area contributed by atoms with E-state index >= 15 is 0 Å². The van der Waals surface area contributed by atoms with Gasteiger partial charge in [0, 0.05) is 31.0 Å². The first-order valence-corrected chi connectivity index (χ1v) is 11.7. The first kappa shape index (κ1) is 22.1. The van der Waals surface area contributed by atoms with Crippen LogP contribution in [0.25, 0.3) is 0 Å². The summed E-state index contributed by atoms with van der Waals surface area (Å²) >= 11 is 0. The molecular formula is C22H28N2O5S. The highest BCUT2D eigenvalue weighted by Crippen LogP contribution is 2.28. The van der Waals surface area contributed by atoms with Crippen LogP contribution < -0.4 is 14.8 Å². The third kappa shape index (κ3) is 6.74. The van der Waals surface area contributed by atoms with Crippen molar-refractivity contribution in [2.45, 2.75) is 31.1 Å². The Morgan fingerprint density at radius 1 is 1.07 bits per heavy atom. The third-order valence-corrected chi connectivity index (χ3v) is 6.04. The molecule has 2 aromatic carbocycles. The molecule has 1 fully saturated rings. The molecule has 0 spiro atoms. The summed E-state index contributed by atoms with van der Waals surface area (Å²) in [6.07, 6.45) is 3.27. The standard InChI is InChI=1S/C22H28N2O5S/c1-2-29-20-10-8-19(9-11-20)24-30(26,27)21-12-6-18(7-13-21)22(25)23-14-3-15-28-16-17-4-5-17/h6-13,17,24H,2-5,14-16H2,1H3,(H,23,25). The topological polar surface area (TPSA) is 93.7 Å². The number of ether oxygens (including phenoxy) is 2. The van der Waals surface area contributed by atoms with Crippen molar-refractivity contribution in [1.82, 2.24) is 5.32 Å². The van der Waals surface area contributed by atoms with Crippen LogP contribution in [0, 0.1) is 5.92 Å². The van der Waals surface area contributed by atoms with Crippen molar-refractivity contribution in [1.29, 1.82) is 0 Å². The summed E-state index contributed by atoms with van der Waals surface area (Å²) in [5.41, 5.74) is 0.845. The van der Waals surface area contributed by atoms with Gasteiger partial charge in [0.05, 0.1) is 11.5 Å². The second kappa shape index (κ2) is 10.4. The number of carbonyl (C=O) groups excluding carboxylic acids is 1. The van der Waals surface area contributed by atoms with Gasteiger partial charge in [0.1, 0.15) is 5.75 Å². The molecule has 1 aliphatic rings. The van der Waals surface area contributed by atoms with Crippen LogP contribution in [0.4, 0.5) is 5.69 Å². The van der Waals surface area contributed by atoms with Gasteiger partial charge in [0.25, 0.3) is 15.9 Å². The zero-order valence-electron chi connectivity index (χ0n) is 17.1. The molecule has 2 aromatic rings. The lowest BCUT2D eigenvalue weighted by Gasteiger charge is -2.10. The molecule has 0 radical (unpaired) electrons. The largest absolute Gasteiger partial charge is 0.494 e. The number of amides is 1. The summed E-state index contributed by atoms with van der Waals surface area (Å²) < 4.78 is 38.5. The van der Waals surface area contributed by atoms with Gasteiger partial charge in [0.15, 0.2) is 0 Å². The molecule has 1 saturated carbocycles. The molecule has 30 heavy (non-hydrogen) atoms. The average Bonchev–Trinajstić information content (AvgIpc) is 3.56. The van der Waals surface area contributed by atoms with Gasteiger partial charge in [-0.2, -0.15) is 0 Å². The number of rotatable bonds is 12. The van der Waals surface area contributed by atoms with E-state index in [1.807, 2.05) is 6.92 Å². The molecule has 1 aliphatic carbocycles.